The molecule has 3 amide bonds. The molecule has 0 bridgehead atoms. The van der Waals surface area contributed by atoms with E-state index < -0.39 is 22.3 Å². The van der Waals surface area contributed by atoms with Crippen LogP contribution in [0.25, 0.3) is 0 Å². The van der Waals surface area contributed by atoms with Gasteiger partial charge in [-0.2, -0.15) is 0 Å². The SMILES string of the molecule is C[C@@H](/C=C/CC(=O)N1CCC[C@H]1CO)[C@]1(O)C(=O)N(Cc2cccc(NC(=O)[C@H]3CCCN3)c2)c2ccc([N+](=O)[O-])cc21. The minimum absolute atomic E-state index is 0.0332. The molecule has 228 valence electrons. The number of carbonyl (C=O) groups excluding carboxylic acids is 3. The Hall–Kier alpha value is -4.13. The molecule has 0 aromatic heterocycles. The standard InChI is InChI=1S/C31H37N5O7/c1-20(6-2-11-28(38)34-15-5-9-24(34)19-37)31(41)25-17-23(36(42)43)12-13-27(25)35(30(31)40)18-21-7-3-8-22(16-21)33-29(39)26-10-4-14-32-26/h2-3,6-8,12-13,16-17,20,24,26,32,37,41H,4-5,9-11,14-15,18-19H2,1H3,(H,33,39)/b6-2+/t20-,24-,26+,31+/m0/s1. The van der Waals surface area contributed by atoms with E-state index in [4.69, 9.17) is 0 Å². The van der Waals surface area contributed by atoms with Gasteiger partial charge in [-0.1, -0.05) is 31.2 Å². The number of carbonyl (C=O) groups is 3. The number of rotatable bonds is 10. The third-order valence-electron chi connectivity index (χ3n) is 8.66. The molecule has 12 heteroatoms. The lowest BCUT2D eigenvalue weighted by Crippen LogP contribution is -2.44. The minimum Gasteiger partial charge on any atom is -0.394 e. The summed E-state index contributed by atoms with van der Waals surface area (Å²) >= 11 is 0. The van der Waals surface area contributed by atoms with E-state index in [0.717, 1.165) is 32.2 Å². The molecular weight excluding hydrogens is 554 g/mol. The van der Waals surface area contributed by atoms with Crippen molar-refractivity contribution in [3.63, 3.8) is 0 Å². The van der Waals surface area contributed by atoms with Gasteiger partial charge in [-0.15, -0.1) is 0 Å². The second kappa shape index (κ2) is 12.6. The molecule has 2 saturated heterocycles. The van der Waals surface area contributed by atoms with Crippen molar-refractivity contribution in [3.8, 4) is 0 Å². The van der Waals surface area contributed by atoms with Crippen molar-refractivity contribution in [2.45, 2.75) is 63.3 Å². The number of hydrogen-bond acceptors (Lipinski definition) is 8. The van der Waals surface area contributed by atoms with Gasteiger partial charge in [-0.05, 0) is 56.0 Å². The van der Waals surface area contributed by atoms with E-state index in [2.05, 4.69) is 10.6 Å². The van der Waals surface area contributed by atoms with Crippen LogP contribution in [-0.4, -0.2) is 69.5 Å². The molecule has 12 nitrogen and oxygen atoms in total. The van der Waals surface area contributed by atoms with E-state index >= 15 is 0 Å². The average molecular weight is 592 g/mol. The predicted molar refractivity (Wildman–Crippen MR) is 159 cm³/mol. The van der Waals surface area contributed by atoms with Crippen LogP contribution in [0, 0.1) is 16.0 Å². The summed E-state index contributed by atoms with van der Waals surface area (Å²) < 4.78 is 0. The van der Waals surface area contributed by atoms with Gasteiger partial charge in [-0.25, -0.2) is 0 Å². The second-order valence-electron chi connectivity index (χ2n) is 11.4. The van der Waals surface area contributed by atoms with Gasteiger partial charge in [0.15, 0.2) is 5.60 Å². The predicted octanol–water partition coefficient (Wildman–Crippen LogP) is 2.59. The van der Waals surface area contributed by atoms with Crippen LogP contribution in [0.15, 0.2) is 54.6 Å². The first-order valence-corrected chi connectivity index (χ1v) is 14.7. The molecule has 3 aliphatic rings. The van der Waals surface area contributed by atoms with E-state index in [1.807, 2.05) is 0 Å². The van der Waals surface area contributed by atoms with Crippen LogP contribution >= 0.6 is 0 Å². The Morgan fingerprint density at radius 2 is 2.05 bits per heavy atom. The summed E-state index contributed by atoms with van der Waals surface area (Å²) in [5, 5.41) is 39.1. The number of aliphatic hydroxyl groups is 2. The van der Waals surface area contributed by atoms with E-state index in [-0.39, 0.29) is 54.7 Å². The topological polar surface area (TPSA) is 165 Å². The van der Waals surface area contributed by atoms with Gasteiger partial charge >= 0.3 is 0 Å². The summed E-state index contributed by atoms with van der Waals surface area (Å²) in [7, 11) is 0. The van der Waals surface area contributed by atoms with Crippen LogP contribution < -0.4 is 15.5 Å². The molecule has 3 heterocycles. The lowest BCUT2D eigenvalue weighted by molar-refractivity contribution is -0.385. The van der Waals surface area contributed by atoms with Crippen molar-refractivity contribution in [3.05, 3.63) is 75.9 Å². The summed E-state index contributed by atoms with van der Waals surface area (Å²) in [4.78, 5) is 53.3. The highest BCUT2D eigenvalue weighted by Crippen LogP contribution is 2.47. The minimum atomic E-state index is -2.11. The fraction of sp³-hybridized carbons (Fsp3) is 0.452. The Morgan fingerprint density at radius 1 is 1.23 bits per heavy atom. The normalized spacial score (nSPS) is 24.0. The van der Waals surface area contributed by atoms with Crippen LogP contribution in [0.3, 0.4) is 0 Å². The third kappa shape index (κ3) is 6.03. The summed E-state index contributed by atoms with van der Waals surface area (Å²) in [5.41, 5.74) is -0.634. The smallest absolute Gasteiger partial charge is 0.269 e. The first-order valence-electron chi connectivity index (χ1n) is 14.7. The van der Waals surface area contributed by atoms with Crippen molar-refractivity contribution in [1.29, 1.82) is 0 Å². The van der Waals surface area contributed by atoms with Crippen molar-refractivity contribution in [1.82, 2.24) is 10.2 Å². The molecule has 0 aliphatic carbocycles. The van der Waals surface area contributed by atoms with Gasteiger partial charge in [-0.3, -0.25) is 24.5 Å². The summed E-state index contributed by atoms with van der Waals surface area (Å²) in [6.07, 6.45) is 6.47. The lowest BCUT2D eigenvalue weighted by Gasteiger charge is -2.28. The van der Waals surface area contributed by atoms with E-state index in [9.17, 15) is 34.7 Å². The Kier molecular flexibility index (Phi) is 8.90. The van der Waals surface area contributed by atoms with Gasteiger partial charge in [0.05, 0.1) is 35.8 Å². The number of anilines is 2. The highest BCUT2D eigenvalue weighted by Gasteiger charge is 2.53. The van der Waals surface area contributed by atoms with E-state index in [0.29, 0.717) is 23.5 Å². The summed E-state index contributed by atoms with van der Waals surface area (Å²) in [6.45, 7) is 2.96. The molecule has 0 unspecified atom stereocenters. The van der Waals surface area contributed by atoms with Crippen LogP contribution in [-0.2, 0) is 26.5 Å². The zero-order valence-electron chi connectivity index (χ0n) is 24.1. The summed E-state index contributed by atoms with van der Waals surface area (Å²) in [6, 6.07) is 10.6. The number of benzene rings is 2. The molecule has 3 aliphatic heterocycles. The number of fused-ring (bicyclic) bond motifs is 1. The average Bonchev–Trinajstić information content (AvgIpc) is 3.75. The largest absolute Gasteiger partial charge is 0.394 e. The molecule has 0 radical (unpaired) electrons. The highest BCUT2D eigenvalue weighted by molar-refractivity contribution is 6.07. The van der Waals surface area contributed by atoms with Crippen LogP contribution in [0.4, 0.5) is 17.1 Å². The molecule has 43 heavy (non-hydrogen) atoms. The number of hydrogen-bond donors (Lipinski definition) is 4. The number of nitro benzene ring substituents is 1. The number of likely N-dealkylation sites (tertiary alicyclic amines) is 1. The zero-order valence-corrected chi connectivity index (χ0v) is 24.1. The number of non-ortho nitro benzene ring substituents is 1. The quantitative estimate of drug-likeness (QED) is 0.186. The van der Waals surface area contributed by atoms with Gasteiger partial charge in [0.25, 0.3) is 11.6 Å². The number of nitrogens with zero attached hydrogens (tertiary/aromatic N) is 3. The maximum absolute atomic E-state index is 13.9. The zero-order chi connectivity index (χ0) is 30.7. The molecule has 0 saturated carbocycles. The molecule has 5 rings (SSSR count). The van der Waals surface area contributed by atoms with Crippen molar-refractivity contribution < 1.29 is 29.5 Å². The van der Waals surface area contributed by atoms with Gasteiger partial charge in [0, 0.05) is 42.3 Å². The Labute approximate surface area is 249 Å². The molecular formula is C31H37N5O7. The van der Waals surface area contributed by atoms with E-state index in [1.165, 1.54) is 23.1 Å². The van der Waals surface area contributed by atoms with Crippen molar-refractivity contribution >= 4 is 34.8 Å². The third-order valence-corrected chi connectivity index (χ3v) is 8.66. The number of amides is 3. The first kappa shape index (κ1) is 30.3. The van der Waals surface area contributed by atoms with E-state index in [1.54, 1.807) is 48.2 Å². The van der Waals surface area contributed by atoms with Gasteiger partial charge in [0.2, 0.25) is 11.8 Å². The van der Waals surface area contributed by atoms with Gasteiger partial charge in [0.1, 0.15) is 0 Å². The Morgan fingerprint density at radius 3 is 2.77 bits per heavy atom. The number of nitro groups is 1. The lowest BCUT2D eigenvalue weighted by atomic mass is 9.82. The maximum Gasteiger partial charge on any atom is 0.269 e. The molecule has 2 aromatic carbocycles. The number of nitrogens with one attached hydrogen (secondary N) is 2. The molecule has 4 N–H and O–H groups in total. The van der Waals surface area contributed by atoms with Crippen LogP contribution in [0.2, 0.25) is 0 Å². The highest BCUT2D eigenvalue weighted by atomic mass is 16.6. The van der Waals surface area contributed by atoms with Crippen LogP contribution in [0.1, 0.15) is 50.2 Å². The number of aliphatic hydroxyl groups excluding tert-OH is 1. The van der Waals surface area contributed by atoms with Crippen molar-refractivity contribution in [2.75, 3.05) is 29.9 Å². The monoisotopic (exact) mass is 591 g/mol. The van der Waals surface area contributed by atoms with Crippen LogP contribution in [0.5, 0.6) is 0 Å². The first-order chi connectivity index (χ1) is 20.6. The summed E-state index contributed by atoms with van der Waals surface area (Å²) in [5.74, 6) is -1.75. The molecule has 2 fully saturated rings. The van der Waals surface area contributed by atoms with Crippen molar-refractivity contribution in [2.24, 2.45) is 5.92 Å². The molecule has 4 atom stereocenters. The van der Waals surface area contributed by atoms with Gasteiger partial charge < -0.3 is 30.6 Å². The Bertz CT molecular complexity index is 1440. The fourth-order valence-electron chi connectivity index (χ4n) is 6.26. The molecule has 0 spiro atoms. The maximum atomic E-state index is 13.9. The molecule has 2 aromatic rings. The fourth-order valence-corrected chi connectivity index (χ4v) is 6.26. The second-order valence-corrected chi connectivity index (χ2v) is 11.4. The Balaban J connectivity index is 1.37.